The van der Waals surface area contributed by atoms with Crippen molar-refractivity contribution in [3.05, 3.63) is 148 Å². The molecule has 61 heavy (non-hydrogen) atoms. The Labute approximate surface area is 414 Å². The third kappa shape index (κ3) is 10.9. The maximum atomic E-state index is 12.4. The Kier molecular flexibility index (Phi) is 17.6. The van der Waals surface area contributed by atoms with E-state index < -0.39 is 12.1 Å². The number of benzene rings is 4. The van der Waals surface area contributed by atoms with Gasteiger partial charge in [0.1, 0.15) is 35.2 Å². The van der Waals surface area contributed by atoms with Gasteiger partial charge in [-0.3, -0.25) is 28.7 Å². The van der Waals surface area contributed by atoms with Crippen LogP contribution in [0.2, 0.25) is 10.0 Å². The molecule has 0 saturated heterocycles. The first-order valence-electron chi connectivity index (χ1n) is 18.7. The molecule has 6 aromatic rings. The van der Waals surface area contributed by atoms with E-state index >= 15 is 0 Å². The predicted octanol–water partition coefficient (Wildman–Crippen LogP) is 7.15. The second kappa shape index (κ2) is 21.8. The quantitative estimate of drug-likeness (QED) is 0.116. The number of hydrogen-bond donors (Lipinski definition) is 4. The Hall–Kier alpha value is -4.17. The van der Waals surface area contributed by atoms with Gasteiger partial charge < -0.3 is 28.3 Å². The molecule has 4 N–H and O–H groups in total. The molecule has 0 unspecified atom stereocenters. The summed E-state index contributed by atoms with van der Waals surface area (Å²) in [6.07, 6.45) is 0.284. The number of nitrogens with zero attached hydrogens (tertiary/aromatic N) is 8. The average Bonchev–Trinajstić information content (AvgIpc) is 3.70. The van der Waals surface area contributed by atoms with Crippen LogP contribution in [-0.4, -0.2) is 76.1 Å². The third-order valence-corrected chi connectivity index (χ3v) is 10.1. The first-order chi connectivity index (χ1) is 27.9. The average molecular weight is 1010 g/mol. The summed E-state index contributed by atoms with van der Waals surface area (Å²) in [5.41, 5.74) is 6.04. The summed E-state index contributed by atoms with van der Waals surface area (Å²) in [7, 11) is 0. The minimum Gasteiger partial charge on any atom is -0.508 e. The molecule has 2 aliphatic rings. The molecule has 18 heteroatoms. The molecule has 2 atom stereocenters. The van der Waals surface area contributed by atoms with E-state index in [1.807, 2.05) is 73.2 Å². The first kappa shape index (κ1) is 49.5. The Bertz CT molecular complexity index is 2400. The van der Waals surface area contributed by atoms with Crippen LogP contribution in [0.5, 0.6) is 11.5 Å². The number of phenolic OH excluding ortho intramolecular Hbond substituents is 2. The van der Waals surface area contributed by atoms with Crippen molar-refractivity contribution in [3.8, 4) is 22.9 Å². The van der Waals surface area contributed by atoms with Gasteiger partial charge in [-0.25, -0.2) is 0 Å². The van der Waals surface area contributed by atoms with E-state index in [4.69, 9.17) is 33.2 Å². The van der Waals surface area contributed by atoms with Gasteiger partial charge in [-0.1, -0.05) is 47.5 Å². The molecule has 2 radical (unpaired) electrons. The number of hydrogen-bond acceptors (Lipinski definition) is 10. The molecule has 310 valence electrons. The number of carbonyl (C=O) groups is 2. The molecule has 2 aliphatic heterocycles. The van der Waals surface area contributed by atoms with E-state index in [1.165, 1.54) is 0 Å². The van der Waals surface area contributed by atoms with E-state index in [2.05, 4.69) is 31.0 Å². The normalized spacial score (nSPS) is 14.4. The first-order valence-corrected chi connectivity index (χ1v) is 19.4. The Morgan fingerprint density at radius 2 is 0.967 bits per heavy atom. The summed E-state index contributed by atoms with van der Waals surface area (Å²) in [5.74, 6) is 2.56. The fourth-order valence-electron chi connectivity index (χ4n) is 7.01. The number of aromatic hydroxyl groups is 2. The van der Waals surface area contributed by atoms with Crippen molar-refractivity contribution in [2.75, 3.05) is 13.1 Å². The molecule has 0 fully saturated rings. The monoisotopic (exact) mass is 1010 g/mol. The van der Waals surface area contributed by atoms with E-state index in [9.17, 15) is 19.8 Å². The standard InChI is InChI=1S/2C21H20ClN5O2.CH3.2Y/c2*1-3-23-19(29)11-17-21-26-25-12(2)27(21)18-9-8-15(28)10-16(18)20(24-17)13-4-6-14(22)7-5-13;;;/h2*4-10,17,28H,3,11H2,1-2H3,(H,23,29);1H3;;/q;;-1;;/t2*17-;;;/m00.../s1. The maximum Gasteiger partial charge on any atom is 0.222 e. The zero-order valence-corrected chi connectivity index (χ0v) is 41.5. The van der Waals surface area contributed by atoms with Crippen LogP contribution >= 0.6 is 23.2 Å². The van der Waals surface area contributed by atoms with Crippen LogP contribution < -0.4 is 10.6 Å². The number of aromatic nitrogens is 6. The van der Waals surface area contributed by atoms with Crippen LogP contribution in [0.4, 0.5) is 0 Å². The van der Waals surface area contributed by atoms with Gasteiger partial charge in [0, 0.05) is 111 Å². The van der Waals surface area contributed by atoms with Crippen LogP contribution in [0.3, 0.4) is 0 Å². The minimum absolute atomic E-state index is 0. The fourth-order valence-corrected chi connectivity index (χ4v) is 7.26. The zero-order chi connectivity index (χ0) is 41.1. The summed E-state index contributed by atoms with van der Waals surface area (Å²) >= 11 is 12.1. The summed E-state index contributed by atoms with van der Waals surface area (Å²) in [6.45, 7) is 8.53. The number of carbonyl (C=O) groups excluding carboxylic acids is 2. The van der Waals surface area contributed by atoms with Crippen LogP contribution in [0.1, 0.15) is 84.3 Å². The van der Waals surface area contributed by atoms with Crippen molar-refractivity contribution in [1.82, 2.24) is 40.2 Å². The van der Waals surface area contributed by atoms with Gasteiger partial charge in [0.2, 0.25) is 11.8 Å². The van der Waals surface area contributed by atoms with Gasteiger partial charge >= 0.3 is 0 Å². The van der Waals surface area contributed by atoms with Crippen molar-refractivity contribution in [3.63, 3.8) is 0 Å². The second-order valence-electron chi connectivity index (χ2n) is 13.6. The minimum atomic E-state index is -0.525. The van der Waals surface area contributed by atoms with Gasteiger partial charge in [-0.15, -0.1) is 20.4 Å². The van der Waals surface area contributed by atoms with Crippen molar-refractivity contribution in [2.45, 2.75) is 52.6 Å². The Balaban J connectivity index is 0.000000256. The molecule has 2 amide bonds. The second-order valence-corrected chi connectivity index (χ2v) is 14.5. The van der Waals surface area contributed by atoms with Crippen molar-refractivity contribution in [2.24, 2.45) is 9.98 Å². The summed E-state index contributed by atoms with van der Waals surface area (Å²) < 4.78 is 3.79. The van der Waals surface area contributed by atoms with Crippen LogP contribution in [0, 0.1) is 21.3 Å². The Morgan fingerprint density at radius 3 is 1.31 bits per heavy atom. The predicted molar refractivity (Wildman–Crippen MR) is 228 cm³/mol. The number of aliphatic imine (C=N–C) groups is 2. The molecule has 14 nitrogen and oxygen atoms in total. The van der Waals surface area contributed by atoms with E-state index in [0.717, 1.165) is 33.6 Å². The molecular weight excluding hydrogens is 969 g/mol. The van der Waals surface area contributed by atoms with Gasteiger partial charge in [0.25, 0.3) is 0 Å². The topological polar surface area (TPSA) is 185 Å². The number of nitrogens with one attached hydrogen (secondary N) is 2. The molecule has 8 rings (SSSR count). The maximum absolute atomic E-state index is 12.4. The Morgan fingerprint density at radius 1 is 0.607 bits per heavy atom. The number of halogens is 2. The van der Waals surface area contributed by atoms with Crippen molar-refractivity contribution >= 4 is 46.4 Å². The van der Waals surface area contributed by atoms with Gasteiger partial charge in [0.15, 0.2) is 11.6 Å². The van der Waals surface area contributed by atoms with Crippen molar-refractivity contribution < 1.29 is 85.2 Å². The smallest absolute Gasteiger partial charge is 0.222 e. The summed E-state index contributed by atoms with van der Waals surface area (Å²) in [6, 6.07) is 23.8. The van der Waals surface area contributed by atoms with E-state index in [1.54, 1.807) is 48.5 Å². The van der Waals surface area contributed by atoms with Crippen LogP contribution in [-0.2, 0) is 75.0 Å². The van der Waals surface area contributed by atoms with E-state index in [-0.39, 0.29) is 109 Å². The summed E-state index contributed by atoms with van der Waals surface area (Å²) in [5, 5.41) is 44.2. The van der Waals surface area contributed by atoms with Crippen LogP contribution in [0.15, 0.2) is 94.9 Å². The number of fused-ring (bicyclic) bond motifs is 6. The van der Waals surface area contributed by atoms with Crippen molar-refractivity contribution in [1.29, 1.82) is 0 Å². The molecule has 2 aromatic heterocycles. The molecular formula is C43H43Cl2N10O4Y2-. The van der Waals surface area contributed by atoms with Gasteiger partial charge in [-0.05, 0) is 88.4 Å². The molecule has 0 spiro atoms. The number of rotatable bonds is 8. The number of phenols is 2. The molecule has 0 saturated carbocycles. The number of amides is 2. The van der Waals surface area contributed by atoms with Gasteiger partial charge in [0.05, 0.1) is 35.6 Å². The zero-order valence-electron chi connectivity index (χ0n) is 34.3. The third-order valence-electron chi connectivity index (χ3n) is 9.56. The van der Waals surface area contributed by atoms with Crippen LogP contribution in [0.25, 0.3) is 11.4 Å². The largest absolute Gasteiger partial charge is 0.508 e. The SMILES string of the molecule is CCNC(=O)C[C@@H]1N=C(c2ccc(Cl)cc2)c2cc(O)ccc2-n2c(C)nnc21.CCNC(=O)C[C@@H]1N=C(c2ccc(Cl)cc2)c2cc(O)ccc2-n2c(C)nnc21.[CH3-].[Y].[Y]. The molecule has 0 bridgehead atoms. The van der Waals surface area contributed by atoms with E-state index in [0.29, 0.717) is 57.9 Å². The molecule has 0 aliphatic carbocycles. The van der Waals surface area contributed by atoms with Gasteiger partial charge in [-0.2, -0.15) is 0 Å². The number of aryl methyl sites for hydroxylation is 2. The molecule has 4 heterocycles. The molecule has 4 aromatic carbocycles. The summed E-state index contributed by atoms with van der Waals surface area (Å²) in [4.78, 5) is 34.5. The fraction of sp³-hybridized carbons (Fsp3) is 0.233.